The number of fused-ring (bicyclic) bond motifs is 3. The van der Waals surface area contributed by atoms with E-state index in [-0.39, 0.29) is 5.69 Å². The van der Waals surface area contributed by atoms with Crippen molar-refractivity contribution in [3.63, 3.8) is 0 Å². The molecular formula is C22H18FN2O+. The zero-order chi connectivity index (χ0) is 18.6. The van der Waals surface area contributed by atoms with Gasteiger partial charge in [0.2, 0.25) is 5.69 Å². The molecule has 0 fully saturated rings. The van der Waals surface area contributed by atoms with Crippen molar-refractivity contribution < 1.29 is 13.4 Å². The first-order chi connectivity index (χ1) is 12.4. The lowest BCUT2D eigenvalue weighted by molar-refractivity contribution is -0.660. The molecular weight excluding hydrogens is 327 g/mol. The number of hydrogen-bond acceptors (Lipinski definition) is 1. The summed E-state index contributed by atoms with van der Waals surface area (Å²) in [6, 6.07) is 9.18. The predicted molar refractivity (Wildman–Crippen MR) is 101 cm³/mol. The maximum Gasteiger partial charge on any atom is 0.264 e. The molecule has 0 saturated heterocycles. The third-order valence-corrected chi connectivity index (χ3v) is 5.05. The Labute approximate surface area is 151 Å². The summed E-state index contributed by atoms with van der Waals surface area (Å²) in [6.45, 7) is 13.5. The number of rotatable bonds is 1. The predicted octanol–water partition coefficient (Wildman–Crippen LogP) is 5.69. The van der Waals surface area contributed by atoms with Crippen LogP contribution in [0.3, 0.4) is 0 Å². The normalized spacial score (nSPS) is 11.2. The monoisotopic (exact) mass is 345 g/mol. The summed E-state index contributed by atoms with van der Waals surface area (Å²) in [5.74, 6) is -0.554. The van der Waals surface area contributed by atoms with Crippen LogP contribution in [0, 0.1) is 33.2 Å². The molecule has 0 spiro atoms. The van der Waals surface area contributed by atoms with Crippen LogP contribution in [0.15, 0.2) is 40.9 Å². The second-order valence-corrected chi connectivity index (χ2v) is 6.76. The molecule has 26 heavy (non-hydrogen) atoms. The first-order valence-corrected chi connectivity index (χ1v) is 8.41. The average molecular weight is 345 g/mol. The Kier molecular flexibility index (Phi) is 3.55. The molecule has 0 aliphatic rings. The first-order valence-electron chi connectivity index (χ1n) is 8.41. The summed E-state index contributed by atoms with van der Waals surface area (Å²) in [5, 5.41) is 1.66. The van der Waals surface area contributed by atoms with E-state index in [1.165, 1.54) is 17.2 Å². The molecule has 4 heteroatoms. The van der Waals surface area contributed by atoms with Gasteiger partial charge < -0.3 is 4.42 Å². The molecule has 0 bridgehead atoms. The molecule has 0 aliphatic carbocycles. The Morgan fingerprint density at radius 1 is 0.962 bits per heavy atom. The van der Waals surface area contributed by atoms with E-state index in [9.17, 15) is 4.39 Å². The minimum absolute atomic E-state index is 0.0632. The fourth-order valence-electron chi connectivity index (χ4n) is 3.52. The van der Waals surface area contributed by atoms with Crippen LogP contribution in [0.5, 0.6) is 0 Å². The highest BCUT2D eigenvalue weighted by atomic mass is 19.1. The van der Waals surface area contributed by atoms with E-state index in [1.807, 2.05) is 26.1 Å². The van der Waals surface area contributed by atoms with Crippen LogP contribution in [0.1, 0.15) is 16.7 Å². The van der Waals surface area contributed by atoms with Crippen LogP contribution in [0.2, 0.25) is 0 Å². The highest BCUT2D eigenvalue weighted by molar-refractivity contribution is 6.12. The van der Waals surface area contributed by atoms with E-state index in [0.717, 1.165) is 27.6 Å². The van der Waals surface area contributed by atoms with Crippen molar-refractivity contribution in [3.05, 3.63) is 70.5 Å². The topological polar surface area (TPSA) is 21.4 Å². The van der Waals surface area contributed by atoms with Crippen molar-refractivity contribution in [1.29, 1.82) is 0 Å². The number of pyridine rings is 1. The van der Waals surface area contributed by atoms with Crippen molar-refractivity contribution in [2.45, 2.75) is 20.8 Å². The van der Waals surface area contributed by atoms with Gasteiger partial charge >= 0.3 is 0 Å². The summed E-state index contributed by atoms with van der Waals surface area (Å²) in [7, 11) is 2.01. The molecule has 0 atom stereocenters. The van der Waals surface area contributed by atoms with Gasteiger partial charge in [0.25, 0.3) is 5.69 Å². The summed E-state index contributed by atoms with van der Waals surface area (Å²) in [4.78, 5) is 3.34. The van der Waals surface area contributed by atoms with Crippen LogP contribution in [0.4, 0.5) is 10.1 Å². The number of benzene rings is 2. The van der Waals surface area contributed by atoms with E-state index < -0.39 is 5.82 Å². The largest absolute Gasteiger partial charge is 0.466 e. The molecule has 2 aromatic carbocycles. The number of halogens is 1. The lowest BCUT2D eigenvalue weighted by Crippen LogP contribution is -2.31. The third kappa shape index (κ3) is 2.21. The van der Waals surface area contributed by atoms with Gasteiger partial charge in [-0.15, -0.1) is 0 Å². The van der Waals surface area contributed by atoms with Gasteiger partial charge in [-0.25, -0.2) is 13.8 Å². The molecule has 128 valence electrons. The maximum atomic E-state index is 14.0. The van der Waals surface area contributed by atoms with Crippen LogP contribution in [0.25, 0.3) is 38.0 Å². The minimum atomic E-state index is -0.554. The first kappa shape index (κ1) is 16.3. The van der Waals surface area contributed by atoms with Gasteiger partial charge in [0, 0.05) is 22.4 Å². The molecule has 3 nitrogen and oxygen atoms in total. The van der Waals surface area contributed by atoms with Crippen LogP contribution < -0.4 is 4.57 Å². The highest BCUT2D eigenvalue weighted by Crippen LogP contribution is 2.41. The van der Waals surface area contributed by atoms with Gasteiger partial charge in [0.15, 0.2) is 6.20 Å². The van der Waals surface area contributed by atoms with Gasteiger partial charge in [0.05, 0.1) is 12.1 Å². The van der Waals surface area contributed by atoms with Crippen molar-refractivity contribution in [3.8, 4) is 11.3 Å². The number of aryl methyl sites for hydroxylation is 4. The smallest absolute Gasteiger partial charge is 0.264 e. The van der Waals surface area contributed by atoms with Crippen molar-refractivity contribution in [2.75, 3.05) is 0 Å². The summed E-state index contributed by atoms with van der Waals surface area (Å²) < 4.78 is 22.2. The molecule has 0 aliphatic heterocycles. The van der Waals surface area contributed by atoms with Crippen LogP contribution in [-0.4, -0.2) is 0 Å². The highest BCUT2D eigenvalue weighted by Gasteiger charge is 2.23. The standard InChI is InChI=1S/C22H18FN2O/c1-12-6-7-15-16-8-9-17(23)20(24-4)22(16)26-21(15)19(12)18-10-13(2)14(3)11-25(18)5/h6-11H,1-3,5H3/q+1. The molecule has 2 aromatic heterocycles. The molecule has 0 N–H and O–H groups in total. The van der Waals surface area contributed by atoms with Crippen molar-refractivity contribution >= 4 is 27.6 Å². The molecule has 4 aromatic rings. The van der Waals surface area contributed by atoms with E-state index >= 15 is 0 Å². The van der Waals surface area contributed by atoms with E-state index in [4.69, 9.17) is 11.0 Å². The summed E-state index contributed by atoms with van der Waals surface area (Å²) >= 11 is 0. The molecule has 0 amide bonds. The molecule has 2 heterocycles. The van der Waals surface area contributed by atoms with Gasteiger partial charge in [-0.3, -0.25) is 0 Å². The summed E-state index contributed by atoms with van der Waals surface area (Å²) in [5.41, 5.74) is 6.41. The van der Waals surface area contributed by atoms with Gasteiger partial charge in [0.1, 0.15) is 24.0 Å². The molecule has 0 unspecified atom stereocenters. The summed E-state index contributed by atoms with van der Waals surface area (Å²) in [6.07, 6.45) is 2.09. The quantitative estimate of drug-likeness (QED) is 0.321. The Bertz CT molecular complexity index is 1250. The van der Waals surface area contributed by atoms with Gasteiger partial charge in [-0.1, -0.05) is 18.2 Å². The zero-order valence-corrected chi connectivity index (χ0v) is 15.1. The number of aromatic nitrogens is 1. The molecule has 0 radical (unpaired) electrons. The Hall–Kier alpha value is -3.19. The van der Waals surface area contributed by atoms with E-state index in [0.29, 0.717) is 11.2 Å². The van der Waals surface area contributed by atoms with E-state index in [2.05, 4.69) is 35.5 Å². The van der Waals surface area contributed by atoms with Gasteiger partial charge in [-0.2, -0.15) is 0 Å². The van der Waals surface area contributed by atoms with Crippen molar-refractivity contribution in [1.82, 2.24) is 0 Å². The lowest BCUT2D eigenvalue weighted by atomic mass is 9.99. The Morgan fingerprint density at radius 2 is 1.65 bits per heavy atom. The molecule has 4 rings (SSSR count). The van der Waals surface area contributed by atoms with Crippen molar-refractivity contribution in [2.24, 2.45) is 7.05 Å². The minimum Gasteiger partial charge on any atom is -0.466 e. The van der Waals surface area contributed by atoms with E-state index in [1.54, 1.807) is 6.07 Å². The number of hydrogen-bond donors (Lipinski definition) is 0. The maximum absolute atomic E-state index is 14.0. The average Bonchev–Trinajstić information content (AvgIpc) is 2.97. The van der Waals surface area contributed by atoms with Gasteiger partial charge in [-0.05, 0) is 38.0 Å². The number of furan rings is 1. The fourth-order valence-corrected chi connectivity index (χ4v) is 3.52. The number of nitrogens with zero attached hydrogens (tertiary/aromatic N) is 2. The SMILES string of the molecule is [C-]#[N+]c1c(F)ccc2c1oc1c(-c3cc(C)c(C)c[n+]3C)c(C)ccc12. The zero-order valence-electron chi connectivity index (χ0n) is 15.1. The lowest BCUT2D eigenvalue weighted by Gasteiger charge is -2.07. The Morgan fingerprint density at radius 3 is 2.38 bits per heavy atom. The second-order valence-electron chi connectivity index (χ2n) is 6.76. The molecule has 0 saturated carbocycles. The van der Waals surface area contributed by atoms with Crippen LogP contribution in [-0.2, 0) is 7.05 Å². The third-order valence-electron chi connectivity index (χ3n) is 5.05. The second kappa shape index (κ2) is 5.67. The Balaban J connectivity index is 2.17. The fraction of sp³-hybridized carbons (Fsp3) is 0.182. The van der Waals surface area contributed by atoms with Crippen LogP contribution >= 0.6 is 0 Å².